The number of ether oxygens (including phenoxy) is 1. The smallest absolute Gasteiger partial charge is 0.235 e. The summed E-state index contributed by atoms with van der Waals surface area (Å²) in [7, 11) is 1.64. The van der Waals surface area contributed by atoms with Gasteiger partial charge in [0.15, 0.2) is 0 Å². The molecule has 2 aromatic rings. The van der Waals surface area contributed by atoms with Crippen LogP contribution in [0.1, 0.15) is 31.7 Å². The second kappa shape index (κ2) is 8.48. The van der Waals surface area contributed by atoms with Crippen molar-refractivity contribution in [3.63, 3.8) is 0 Å². The van der Waals surface area contributed by atoms with Gasteiger partial charge in [0.1, 0.15) is 11.5 Å². The molecule has 1 unspecified atom stereocenters. The lowest BCUT2D eigenvalue weighted by atomic mass is 9.95. The van der Waals surface area contributed by atoms with Crippen molar-refractivity contribution in [2.24, 2.45) is 0 Å². The lowest BCUT2D eigenvalue weighted by Gasteiger charge is -2.20. The van der Waals surface area contributed by atoms with Crippen LogP contribution in [0, 0.1) is 0 Å². The van der Waals surface area contributed by atoms with Crippen LogP contribution >= 0.6 is 0 Å². The van der Waals surface area contributed by atoms with Gasteiger partial charge in [-0.2, -0.15) is 0 Å². The number of carbonyl (C=O) groups excluding carboxylic acids is 2. The highest BCUT2D eigenvalue weighted by molar-refractivity contribution is 6.01. The Balaban J connectivity index is 1.35. The maximum atomic E-state index is 13.0. The molecule has 2 fully saturated rings. The number of hydrogen-bond donors (Lipinski definition) is 2. The summed E-state index contributed by atoms with van der Waals surface area (Å²) < 4.78 is 5.22. The fourth-order valence-corrected chi connectivity index (χ4v) is 4.14. The van der Waals surface area contributed by atoms with Gasteiger partial charge in [-0.3, -0.25) is 9.59 Å². The van der Waals surface area contributed by atoms with E-state index in [0.29, 0.717) is 12.6 Å². The molecule has 0 spiro atoms. The topological polar surface area (TPSA) is 70.7 Å². The van der Waals surface area contributed by atoms with Crippen LogP contribution < -0.4 is 20.3 Å². The fraction of sp³-hybridized carbons (Fsp3) is 0.417. The maximum Gasteiger partial charge on any atom is 0.235 e. The van der Waals surface area contributed by atoms with Crippen LogP contribution in [0.2, 0.25) is 0 Å². The number of anilines is 2. The highest BCUT2D eigenvalue weighted by atomic mass is 16.5. The SMILES string of the molecule is COc1ccc(C2(C(=O)Nc3ccc(N4CCC(NCC(C)=O)C4)cc3)CC2)cc1. The summed E-state index contributed by atoms with van der Waals surface area (Å²) in [5, 5.41) is 6.40. The minimum absolute atomic E-state index is 0.0510. The maximum absolute atomic E-state index is 13.0. The minimum atomic E-state index is -0.421. The molecule has 30 heavy (non-hydrogen) atoms. The molecular weight excluding hydrogens is 378 g/mol. The first-order chi connectivity index (χ1) is 14.5. The molecule has 1 amide bonds. The molecule has 4 rings (SSSR count). The fourth-order valence-electron chi connectivity index (χ4n) is 4.14. The molecule has 0 aromatic heterocycles. The van der Waals surface area contributed by atoms with E-state index in [9.17, 15) is 9.59 Å². The molecule has 0 radical (unpaired) electrons. The first-order valence-corrected chi connectivity index (χ1v) is 10.5. The standard InChI is InChI=1S/C24H29N3O3/c1-17(28)15-25-20-11-14-27(16-20)21-7-5-19(6-8-21)26-23(29)24(12-13-24)18-3-9-22(30-2)10-4-18/h3-10,20,25H,11-16H2,1-2H3,(H,26,29). The Kier molecular flexibility index (Phi) is 5.77. The van der Waals surface area contributed by atoms with E-state index in [1.807, 2.05) is 36.4 Å². The number of nitrogens with one attached hydrogen (secondary N) is 2. The molecule has 2 aliphatic rings. The van der Waals surface area contributed by atoms with Gasteiger partial charge >= 0.3 is 0 Å². The van der Waals surface area contributed by atoms with E-state index < -0.39 is 5.41 Å². The summed E-state index contributed by atoms with van der Waals surface area (Å²) in [6.07, 6.45) is 2.76. The van der Waals surface area contributed by atoms with E-state index in [-0.39, 0.29) is 11.7 Å². The van der Waals surface area contributed by atoms with E-state index in [2.05, 4.69) is 27.7 Å². The number of carbonyl (C=O) groups is 2. The Hall–Kier alpha value is -2.86. The van der Waals surface area contributed by atoms with Gasteiger partial charge in [-0.25, -0.2) is 0 Å². The van der Waals surface area contributed by atoms with Gasteiger partial charge in [0.25, 0.3) is 0 Å². The van der Waals surface area contributed by atoms with Gasteiger partial charge in [-0.05, 0) is 68.1 Å². The molecule has 0 bridgehead atoms. The number of ketones is 1. The molecule has 158 valence electrons. The number of amides is 1. The van der Waals surface area contributed by atoms with Gasteiger partial charge in [-0.1, -0.05) is 12.1 Å². The van der Waals surface area contributed by atoms with Crippen LogP contribution in [0.4, 0.5) is 11.4 Å². The molecule has 6 heteroatoms. The zero-order valence-corrected chi connectivity index (χ0v) is 17.6. The highest BCUT2D eigenvalue weighted by Gasteiger charge is 2.51. The average molecular weight is 408 g/mol. The Morgan fingerprint density at radius 1 is 1.10 bits per heavy atom. The van der Waals surface area contributed by atoms with Crippen molar-refractivity contribution in [2.75, 3.05) is 37.0 Å². The zero-order chi connectivity index (χ0) is 21.1. The molecule has 1 aliphatic carbocycles. The molecule has 1 saturated carbocycles. The van der Waals surface area contributed by atoms with Gasteiger partial charge in [0, 0.05) is 30.5 Å². The van der Waals surface area contributed by atoms with Crippen LogP contribution in [-0.2, 0) is 15.0 Å². The van der Waals surface area contributed by atoms with Gasteiger partial charge in [0.2, 0.25) is 5.91 Å². The zero-order valence-electron chi connectivity index (χ0n) is 17.6. The van der Waals surface area contributed by atoms with Crippen LogP contribution in [0.15, 0.2) is 48.5 Å². The molecule has 6 nitrogen and oxygen atoms in total. The number of hydrogen-bond acceptors (Lipinski definition) is 5. The molecule has 2 N–H and O–H groups in total. The first-order valence-electron chi connectivity index (χ1n) is 10.5. The minimum Gasteiger partial charge on any atom is -0.497 e. The van der Waals surface area contributed by atoms with Crippen molar-refractivity contribution in [3.05, 3.63) is 54.1 Å². The Bertz CT molecular complexity index is 904. The monoisotopic (exact) mass is 407 g/mol. The van der Waals surface area contributed by atoms with Crippen LogP contribution in [0.25, 0.3) is 0 Å². The van der Waals surface area contributed by atoms with Gasteiger partial charge < -0.3 is 20.3 Å². The van der Waals surface area contributed by atoms with Gasteiger partial charge in [-0.15, -0.1) is 0 Å². The number of rotatable bonds is 8. The molecule has 1 heterocycles. The highest BCUT2D eigenvalue weighted by Crippen LogP contribution is 2.49. The predicted octanol–water partition coefficient (Wildman–Crippen LogP) is 3.12. The summed E-state index contributed by atoms with van der Waals surface area (Å²) >= 11 is 0. The van der Waals surface area contributed by atoms with Crippen LogP contribution in [0.5, 0.6) is 5.75 Å². The van der Waals surface area contributed by atoms with Crippen molar-refractivity contribution >= 4 is 23.1 Å². The van der Waals surface area contributed by atoms with Crippen molar-refractivity contribution in [2.45, 2.75) is 37.6 Å². The number of Topliss-reactive ketones (excluding diaryl/α,β-unsaturated/α-hetero) is 1. The molecular formula is C24H29N3O3. The summed E-state index contributed by atoms with van der Waals surface area (Å²) in [6.45, 7) is 3.88. The lowest BCUT2D eigenvalue weighted by Crippen LogP contribution is -2.35. The second-order valence-corrected chi connectivity index (χ2v) is 8.33. The molecule has 1 atom stereocenters. The quantitative estimate of drug-likeness (QED) is 0.704. The van der Waals surface area contributed by atoms with Crippen LogP contribution in [-0.4, -0.2) is 44.5 Å². The Morgan fingerprint density at radius 3 is 2.40 bits per heavy atom. The third kappa shape index (κ3) is 4.33. The van der Waals surface area contributed by atoms with Crippen LogP contribution in [0.3, 0.4) is 0 Å². The summed E-state index contributed by atoms with van der Waals surface area (Å²) in [6, 6.07) is 16.2. The predicted molar refractivity (Wildman–Crippen MR) is 118 cm³/mol. The Labute approximate surface area is 177 Å². The van der Waals surface area contributed by atoms with Crippen molar-refractivity contribution in [1.29, 1.82) is 0 Å². The third-order valence-corrected chi connectivity index (χ3v) is 6.15. The number of benzene rings is 2. The average Bonchev–Trinajstić information content (AvgIpc) is 3.44. The largest absolute Gasteiger partial charge is 0.497 e. The molecule has 2 aromatic carbocycles. The second-order valence-electron chi connectivity index (χ2n) is 8.33. The summed E-state index contributed by atoms with van der Waals surface area (Å²) in [5.74, 6) is 1.01. The summed E-state index contributed by atoms with van der Waals surface area (Å²) in [4.78, 5) is 26.4. The van der Waals surface area contributed by atoms with Crippen molar-refractivity contribution in [1.82, 2.24) is 5.32 Å². The number of methoxy groups -OCH3 is 1. The molecule has 1 saturated heterocycles. The molecule has 1 aliphatic heterocycles. The number of nitrogens with zero attached hydrogens (tertiary/aromatic N) is 1. The van der Waals surface area contributed by atoms with Gasteiger partial charge in [0.05, 0.1) is 19.1 Å². The Morgan fingerprint density at radius 2 is 1.80 bits per heavy atom. The van der Waals surface area contributed by atoms with Crippen molar-refractivity contribution < 1.29 is 14.3 Å². The van der Waals surface area contributed by atoms with E-state index in [4.69, 9.17) is 4.74 Å². The van der Waals surface area contributed by atoms with E-state index in [0.717, 1.165) is 55.0 Å². The van der Waals surface area contributed by atoms with E-state index in [1.54, 1.807) is 14.0 Å². The normalized spacial score (nSPS) is 19.4. The van der Waals surface area contributed by atoms with Crippen molar-refractivity contribution in [3.8, 4) is 5.75 Å². The third-order valence-electron chi connectivity index (χ3n) is 6.15. The lowest BCUT2D eigenvalue weighted by molar-refractivity contribution is -0.118. The van der Waals surface area contributed by atoms with E-state index >= 15 is 0 Å². The van der Waals surface area contributed by atoms with E-state index in [1.165, 1.54) is 0 Å². The summed E-state index contributed by atoms with van der Waals surface area (Å²) in [5.41, 5.74) is 2.57. The first kappa shape index (κ1) is 20.4.